The number of benzene rings is 2. The van der Waals surface area contributed by atoms with Crippen LogP contribution in [0.1, 0.15) is 11.1 Å². The van der Waals surface area contributed by atoms with Crippen molar-refractivity contribution in [3.05, 3.63) is 79.2 Å². The first kappa shape index (κ1) is 11.1. The summed E-state index contributed by atoms with van der Waals surface area (Å²) in [4.78, 5) is 0. The van der Waals surface area contributed by atoms with Crippen molar-refractivity contribution in [1.82, 2.24) is 0 Å². The van der Waals surface area contributed by atoms with Crippen LogP contribution < -0.4 is 0 Å². The van der Waals surface area contributed by atoms with Crippen LogP contribution in [0, 0.1) is 19.3 Å². The van der Waals surface area contributed by atoms with Crippen LogP contribution in [0.2, 0.25) is 0 Å². The van der Waals surface area contributed by atoms with Gasteiger partial charge in [0, 0.05) is 18.6 Å². The zero-order valence-electron chi connectivity index (χ0n) is 8.27. The quantitative estimate of drug-likeness (QED) is 0.560. The number of hydrogen-bond donors (Lipinski definition) is 0. The first-order chi connectivity index (χ1) is 6.95. The summed E-state index contributed by atoms with van der Waals surface area (Å²) in [5.41, 5.74) is 2.10. The molecule has 0 amide bonds. The van der Waals surface area contributed by atoms with Gasteiger partial charge in [0.2, 0.25) is 0 Å². The van der Waals surface area contributed by atoms with Crippen molar-refractivity contribution in [3.8, 4) is 11.8 Å². The Bertz CT molecular complexity index is 400. The molecule has 2 rings (SSSR count). The third-order valence-electron chi connectivity index (χ3n) is 1.90. The van der Waals surface area contributed by atoms with Gasteiger partial charge in [0.05, 0.1) is 0 Å². The number of hydrogen-bond acceptors (Lipinski definition) is 0. The second-order valence-corrected chi connectivity index (χ2v) is 2.98. The summed E-state index contributed by atoms with van der Waals surface area (Å²) in [5, 5.41) is 0. The predicted molar refractivity (Wildman–Crippen MR) is 62.1 cm³/mol. The van der Waals surface area contributed by atoms with E-state index >= 15 is 0 Å². The zero-order chi connectivity index (χ0) is 9.64. The van der Waals surface area contributed by atoms with Crippen molar-refractivity contribution >= 4 is 0 Å². The molecule has 0 aromatic heterocycles. The Hall–Kier alpha value is -2.00. The lowest BCUT2D eigenvalue weighted by Gasteiger charge is -1.88. The lowest BCUT2D eigenvalue weighted by molar-refractivity contribution is 1.62. The summed E-state index contributed by atoms with van der Waals surface area (Å²) < 4.78 is 0. The highest BCUT2D eigenvalue weighted by Crippen LogP contribution is 1.98. The molecule has 0 spiro atoms. The summed E-state index contributed by atoms with van der Waals surface area (Å²) in [7, 11) is 0. The first-order valence-electron chi connectivity index (χ1n) is 4.57. The second-order valence-electron chi connectivity index (χ2n) is 2.98. The van der Waals surface area contributed by atoms with Gasteiger partial charge in [-0.05, 0) is 24.3 Å². The van der Waals surface area contributed by atoms with E-state index in [4.69, 9.17) is 0 Å². The van der Waals surface area contributed by atoms with Crippen molar-refractivity contribution in [2.45, 2.75) is 0 Å². The molecule has 0 saturated heterocycles. The van der Waals surface area contributed by atoms with Crippen LogP contribution in [0.5, 0.6) is 0 Å². The molecule has 0 unspecified atom stereocenters. The molecule has 15 heavy (non-hydrogen) atoms. The molecular formula is C15H10. The summed E-state index contributed by atoms with van der Waals surface area (Å²) in [5.74, 6) is 6.22. The maximum absolute atomic E-state index is 3.11. The van der Waals surface area contributed by atoms with Crippen LogP contribution in [0.15, 0.2) is 60.7 Å². The fraction of sp³-hybridized carbons (Fsp3) is 0. The van der Waals surface area contributed by atoms with E-state index in [1.807, 2.05) is 60.7 Å². The van der Waals surface area contributed by atoms with Crippen molar-refractivity contribution in [2.75, 3.05) is 0 Å². The summed E-state index contributed by atoms with van der Waals surface area (Å²) in [6.07, 6.45) is 0. The summed E-state index contributed by atoms with van der Waals surface area (Å²) >= 11 is 0. The van der Waals surface area contributed by atoms with Gasteiger partial charge in [-0.2, -0.15) is 0 Å². The maximum atomic E-state index is 3.11. The van der Waals surface area contributed by atoms with Gasteiger partial charge < -0.3 is 0 Å². The van der Waals surface area contributed by atoms with Gasteiger partial charge in [-0.3, -0.25) is 0 Å². The van der Waals surface area contributed by atoms with Gasteiger partial charge in [-0.1, -0.05) is 48.2 Å². The van der Waals surface area contributed by atoms with Crippen LogP contribution in [0.3, 0.4) is 0 Å². The molecule has 0 fully saturated rings. The van der Waals surface area contributed by atoms with E-state index in [2.05, 4.69) is 11.8 Å². The monoisotopic (exact) mass is 190 g/mol. The van der Waals surface area contributed by atoms with Crippen molar-refractivity contribution in [3.63, 3.8) is 0 Å². The molecule has 70 valence electrons. The third-order valence-corrected chi connectivity index (χ3v) is 1.90. The second kappa shape index (κ2) is 5.67. The molecule has 2 aromatic rings. The maximum Gasteiger partial charge on any atom is 0.0249 e. The van der Waals surface area contributed by atoms with Crippen LogP contribution in [0.4, 0.5) is 0 Å². The Balaban J connectivity index is 0.00000112. The molecular weight excluding hydrogens is 180 g/mol. The van der Waals surface area contributed by atoms with E-state index in [1.165, 1.54) is 0 Å². The molecule has 0 heterocycles. The average Bonchev–Trinajstić information content (AvgIpc) is 2.29. The smallest absolute Gasteiger partial charge is 0.0249 e. The Morgan fingerprint density at radius 1 is 0.533 bits per heavy atom. The van der Waals surface area contributed by atoms with Gasteiger partial charge in [-0.25, -0.2) is 0 Å². The topological polar surface area (TPSA) is 0 Å². The number of rotatable bonds is 0. The minimum absolute atomic E-state index is 0. The lowest BCUT2D eigenvalue weighted by atomic mass is 10.2. The van der Waals surface area contributed by atoms with Crippen LogP contribution in [0.25, 0.3) is 0 Å². The molecule has 0 aliphatic heterocycles. The fourth-order valence-electron chi connectivity index (χ4n) is 1.19. The Kier molecular flexibility index (Phi) is 4.19. The van der Waals surface area contributed by atoms with Gasteiger partial charge in [0.15, 0.2) is 0 Å². The molecule has 0 bridgehead atoms. The third kappa shape index (κ3) is 3.32. The average molecular weight is 190 g/mol. The van der Waals surface area contributed by atoms with Gasteiger partial charge in [0.1, 0.15) is 0 Å². The molecule has 4 radical (unpaired) electrons. The van der Waals surface area contributed by atoms with Crippen LogP contribution >= 0.6 is 0 Å². The standard InChI is InChI=1S/C14H10.C/c1-3-7-13(8-4-1)11-12-14-9-5-2-6-10-14;/h1-10H;. The molecule has 2 aromatic carbocycles. The largest absolute Gasteiger partial charge is 0.0622 e. The van der Waals surface area contributed by atoms with E-state index in [0.29, 0.717) is 0 Å². The van der Waals surface area contributed by atoms with E-state index in [0.717, 1.165) is 11.1 Å². The van der Waals surface area contributed by atoms with Crippen molar-refractivity contribution in [2.24, 2.45) is 0 Å². The SMILES string of the molecule is C(#Cc1ccccc1)c1ccccc1.[C]. The van der Waals surface area contributed by atoms with E-state index in [9.17, 15) is 0 Å². The molecule has 0 aliphatic rings. The highest BCUT2D eigenvalue weighted by molar-refractivity contribution is 5.42. The van der Waals surface area contributed by atoms with Crippen LogP contribution in [-0.2, 0) is 0 Å². The Morgan fingerprint density at radius 2 is 0.867 bits per heavy atom. The molecule has 0 atom stereocenters. The predicted octanol–water partition coefficient (Wildman–Crippen LogP) is 3.17. The molecule has 0 N–H and O–H groups in total. The first-order valence-corrected chi connectivity index (χ1v) is 4.57. The molecule has 0 aliphatic carbocycles. The Morgan fingerprint density at radius 3 is 1.20 bits per heavy atom. The van der Waals surface area contributed by atoms with Crippen molar-refractivity contribution in [1.29, 1.82) is 0 Å². The molecule has 0 nitrogen and oxygen atoms in total. The lowest BCUT2D eigenvalue weighted by Crippen LogP contribution is -1.73. The zero-order valence-corrected chi connectivity index (χ0v) is 8.27. The fourth-order valence-corrected chi connectivity index (χ4v) is 1.19. The van der Waals surface area contributed by atoms with E-state index in [1.54, 1.807) is 0 Å². The minimum atomic E-state index is 0. The van der Waals surface area contributed by atoms with E-state index in [-0.39, 0.29) is 7.43 Å². The van der Waals surface area contributed by atoms with Gasteiger partial charge in [-0.15, -0.1) is 0 Å². The summed E-state index contributed by atoms with van der Waals surface area (Å²) in [6, 6.07) is 20.0. The highest BCUT2D eigenvalue weighted by Gasteiger charge is 1.83. The van der Waals surface area contributed by atoms with Gasteiger partial charge in [0.25, 0.3) is 0 Å². The normalized spacial score (nSPS) is 8.27. The molecule has 0 heteroatoms. The highest BCUT2D eigenvalue weighted by atomic mass is 13.9. The van der Waals surface area contributed by atoms with Crippen molar-refractivity contribution < 1.29 is 0 Å². The van der Waals surface area contributed by atoms with E-state index < -0.39 is 0 Å². The Labute approximate surface area is 91.6 Å². The van der Waals surface area contributed by atoms with Crippen LogP contribution in [-0.4, -0.2) is 0 Å². The van der Waals surface area contributed by atoms with Gasteiger partial charge >= 0.3 is 0 Å². The summed E-state index contributed by atoms with van der Waals surface area (Å²) in [6.45, 7) is 0. The minimum Gasteiger partial charge on any atom is -0.0622 e. The molecule has 0 saturated carbocycles.